The smallest absolute Gasteiger partial charge is 0.255 e. The van der Waals surface area contributed by atoms with Crippen molar-refractivity contribution in [3.63, 3.8) is 0 Å². The quantitative estimate of drug-likeness (QED) is 0.720. The summed E-state index contributed by atoms with van der Waals surface area (Å²) in [5.41, 5.74) is 2.99. The summed E-state index contributed by atoms with van der Waals surface area (Å²) in [5, 5.41) is 10.8. The second-order valence-electron chi connectivity index (χ2n) is 7.76. The van der Waals surface area contributed by atoms with E-state index in [1.54, 1.807) is 11.0 Å². The Labute approximate surface area is 168 Å². The number of aromatic nitrogens is 3. The fourth-order valence-electron chi connectivity index (χ4n) is 3.91. The van der Waals surface area contributed by atoms with Crippen molar-refractivity contribution in [3.8, 4) is 11.3 Å². The van der Waals surface area contributed by atoms with Crippen LogP contribution in [0.3, 0.4) is 0 Å². The minimum absolute atomic E-state index is 0.185. The zero-order chi connectivity index (χ0) is 20.5. The topological polar surface area (TPSA) is 100 Å². The van der Waals surface area contributed by atoms with Gasteiger partial charge in [0, 0.05) is 30.6 Å². The molecular weight excluding hydrogens is 372 g/mol. The summed E-state index contributed by atoms with van der Waals surface area (Å²) in [7, 11) is 4.07. The molecule has 0 spiro atoms. The summed E-state index contributed by atoms with van der Waals surface area (Å²) in [4.78, 5) is 40.3. The number of fused-ring (bicyclic) bond motifs is 1. The van der Waals surface area contributed by atoms with Crippen LogP contribution in [-0.2, 0) is 22.7 Å². The molecule has 0 aliphatic carbocycles. The number of nitrogens with one attached hydrogen (secondary N) is 1. The van der Waals surface area contributed by atoms with Crippen LogP contribution in [0.4, 0.5) is 0 Å². The first-order valence-electron chi connectivity index (χ1n) is 9.76. The lowest BCUT2D eigenvalue weighted by Gasteiger charge is -2.29. The molecular formula is C20H24N6O3. The normalized spacial score (nSPS) is 19.1. The van der Waals surface area contributed by atoms with Gasteiger partial charge in [-0.2, -0.15) is 0 Å². The van der Waals surface area contributed by atoms with Crippen LogP contribution in [0, 0.1) is 0 Å². The van der Waals surface area contributed by atoms with Crippen molar-refractivity contribution in [3.05, 3.63) is 35.5 Å². The Morgan fingerprint density at radius 1 is 1.21 bits per heavy atom. The molecule has 2 aromatic rings. The van der Waals surface area contributed by atoms with E-state index in [9.17, 15) is 14.4 Å². The third-order valence-electron chi connectivity index (χ3n) is 5.39. The predicted molar refractivity (Wildman–Crippen MR) is 105 cm³/mol. The number of amides is 3. The van der Waals surface area contributed by atoms with Gasteiger partial charge in [0.25, 0.3) is 5.91 Å². The first-order chi connectivity index (χ1) is 13.9. The van der Waals surface area contributed by atoms with Crippen molar-refractivity contribution in [2.45, 2.75) is 38.4 Å². The second kappa shape index (κ2) is 7.75. The summed E-state index contributed by atoms with van der Waals surface area (Å²) in [6.07, 6.45) is 3.45. The van der Waals surface area contributed by atoms with Gasteiger partial charge in [-0.05, 0) is 45.1 Å². The number of hydrogen-bond acceptors (Lipinski definition) is 6. The average Bonchev–Trinajstić information content (AvgIpc) is 3.27. The lowest BCUT2D eigenvalue weighted by molar-refractivity contribution is -0.136. The van der Waals surface area contributed by atoms with E-state index in [4.69, 9.17) is 0 Å². The van der Waals surface area contributed by atoms with Crippen molar-refractivity contribution >= 4 is 17.7 Å². The fourth-order valence-corrected chi connectivity index (χ4v) is 3.91. The van der Waals surface area contributed by atoms with E-state index in [1.165, 1.54) is 0 Å². The zero-order valence-electron chi connectivity index (χ0n) is 16.6. The number of hydrogen-bond donors (Lipinski definition) is 1. The van der Waals surface area contributed by atoms with E-state index in [0.29, 0.717) is 24.2 Å². The molecule has 152 valence electrons. The van der Waals surface area contributed by atoms with Crippen LogP contribution >= 0.6 is 0 Å². The number of carbonyl (C=O) groups is 3. The van der Waals surface area contributed by atoms with Gasteiger partial charge in [0.1, 0.15) is 11.7 Å². The molecule has 1 aromatic carbocycles. The highest BCUT2D eigenvalue weighted by Gasteiger charge is 2.40. The van der Waals surface area contributed by atoms with Crippen molar-refractivity contribution in [2.75, 3.05) is 20.6 Å². The van der Waals surface area contributed by atoms with Crippen LogP contribution in [0.25, 0.3) is 11.3 Å². The van der Waals surface area contributed by atoms with E-state index in [-0.39, 0.29) is 18.2 Å². The molecule has 1 unspecified atom stereocenters. The molecule has 3 heterocycles. The van der Waals surface area contributed by atoms with E-state index in [1.807, 2.05) is 37.1 Å². The maximum Gasteiger partial charge on any atom is 0.255 e. The highest BCUT2D eigenvalue weighted by molar-refractivity contribution is 6.06. The molecule has 1 atom stereocenters. The maximum absolute atomic E-state index is 12.9. The number of carbonyl (C=O) groups excluding carboxylic acids is 3. The first kappa shape index (κ1) is 19.3. The molecule has 1 saturated heterocycles. The summed E-state index contributed by atoms with van der Waals surface area (Å²) < 4.78 is 1.81. The van der Waals surface area contributed by atoms with E-state index in [2.05, 4.69) is 20.5 Å². The maximum atomic E-state index is 12.9. The lowest BCUT2D eigenvalue weighted by atomic mass is 10.0. The lowest BCUT2D eigenvalue weighted by Crippen LogP contribution is -2.52. The highest BCUT2D eigenvalue weighted by Crippen LogP contribution is 2.33. The molecule has 29 heavy (non-hydrogen) atoms. The van der Waals surface area contributed by atoms with Crippen molar-refractivity contribution in [1.29, 1.82) is 0 Å². The van der Waals surface area contributed by atoms with Gasteiger partial charge in [0.15, 0.2) is 0 Å². The summed E-state index contributed by atoms with van der Waals surface area (Å²) in [6, 6.07) is 4.90. The third-order valence-corrected chi connectivity index (χ3v) is 5.39. The van der Waals surface area contributed by atoms with Gasteiger partial charge in [0.2, 0.25) is 11.8 Å². The van der Waals surface area contributed by atoms with Gasteiger partial charge in [-0.3, -0.25) is 24.4 Å². The molecule has 0 bridgehead atoms. The fraction of sp³-hybridized carbons (Fsp3) is 0.450. The second-order valence-corrected chi connectivity index (χ2v) is 7.76. The van der Waals surface area contributed by atoms with Gasteiger partial charge >= 0.3 is 0 Å². The number of nitrogens with zero attached hydrogens (tertiary/aromatic N) is 5. The Balaban J connectivity index is 1.55. The number of benzene rings is 1. The molecule has 2 aliphatic heterocycles. The third kappa shape index (κ3) is 3.77. The Morgan fingerprint density at radius 2 is 2.00 bits per heavy atom. The van der Waals surface area contributed by atoms with Crippen LogP contribution in [0.15, 0.2) is 24.4 Å². The number of piperidine rings is 1. The predicted octanol–water partition coefficient (Wildman–Crippen LogP) is 0.658. The van der Waals surface area contributed by atoms with Crippen molar-refractivity contribution < 1.29 is 14.4 Å². The molecule has 0 saturated carbocycles. The molecule has 9 heteroatoms. The zero-order valence-corrected chi connectivity index (χ0v) is 16.6. The SMILES string of the molecule is CN(C)CCCn1cc(-c2cccc3c2CN(C2CCC(=O)NC2=O)C3=O)nn1. The van der Waals surface area contributed by atoms with Crippen molar-refractivity contribution in [2.24, 2.45) is 0 Å². The van der Waals surface area contributed by atoms with Gasteiger partial charge in [-0.15, -0.1) is 5.10 Å². The number of aryl methyl sites for hydroxylation is 1. The number of rotatable bonds is 6. The summed E-state index contributed by atoms with van der Waals surface area (Å²) >= 11 is 0. The molecule has 2 aliphatic rings. The van der Waals surface area contributed by atoms with E-state index >= 15 is 0 Å². The van der Waals surface area contributed by atoms with Gasteiger partial charge < -0.3 is 9.80 Å². The Hall–Kier alpha value is -3.07. The van der Waals surface area contributed by atoms with Crippen LogP contribution in [-0.4, -0.2) is 69.2 Å². The molecule has 0 radical (unpaired) electrons. The Kier molecular flexibility index (Phi) is 5.14. The molecule has 1 aromatic heterocycles. The Morgan fingerprint density at radius 3 is 2.76 bits per heavy atom. The van der Waals surface area contributed by atoms with Crippen LogP contribution in [0.5, 0.6) is 0 Å². The molecule has 1 N–H and O–H groups in total. The molecule has 9 nitrogen and oxygen atoms in total. The largest absolute Gasteiger partial charge is 0.322 e. The molecule has 4 rings (SSSR count). The number of imide groups is 1. The summed E-state index contributed by atoms with van der Waals surface area (Å²) in [5.74, 6) is -0.882. The van der Waals surface area contributed by atoms with Gasteiger partial charge in [-0.25, -0.2) is 0 Å². The monoisotopic (exact) mass is 396 g/mol. The van der Waals surface area contributed by atoms with Crippen LogP contribution < -0.4 is 5.32 Å². The molecule has 1 fully saturated rings. The minimum Gasteiger partial charge on any atom is -0.322 e. The van der Waals surface area contributed by atoms with E-state index in [0.717, 1.165) is 30.6 Å². The first-order valence-corrected chi connectivity index (χ1v) is 9.76. The average molecular weight is 396 g/mol. The van der Waals surface area contributed by atoms with E-state index < -0.39 is 11.9 Å². The van der Waals surface area contributed by atoms with Gasteiger partial charge in [0.05, 0.1) is 6.20 Å². The molecule has 3 amide bonds. The summed E-state index contributed by atoms with van der Waals surface area (Å²) in [6.45, 7) is 2.05. The Bertz CT molecular complexity index is 967. The highest BCUT2D eigenvalue weighted by atomic mass is 16.2. The van der Waals surface area contributed by atoms with Crippen LogP contribution in [0.1, 0.15) is 35.2 Å². The minimum atomic E-state index is -0.623. The van der Waals surface area contributed by atoms with Crippen molar-refractivity contribution in [1.82, 2.24) is 30.1 Å². The van der Waals surface area contributed by atoms with Crippen LogP contribution in [0.2, 0.25) is 0 Å². The van der Waals surface area contributed by atoms with Gasteiger partial charge in [-0.1, -0.05) is 17.3 Å². The standard InChI is InChI=1S/C20H24N6O3/c1-24(2)9-4-10-25-12-16(22-23-25)13-5-3-6-14-15(13)11-26(20(14)29)17-7-8-18(27)21-19(17)28/h3,5-6,12,17H,4,7-11H2,1-2H3,(H,21,27,28).